The third-order valence-corrected chi connectivity index (χ3v) is 3.10. The number of aliphatic hydroxyl groups is 1. The van der Waals surface area contributed by atoms with Gasteiger partial charge in [0.1, 0.15) is 0 Å². The van der Waals surface area contributed by atoms with Crippen LogP contribution in [0.2, 0.25) is 0 Å². The summed E-state index contributed by atoms with van der Waals surface area (Å²) in [5, 5.41) is 12.8. The summed E-state index contributed by atoms with van der Waals surface area (Å²) in [5.74, 6) is 1.21. The van der Waals surface area contributed by atoms with Crippen LogP contribution in [-0.2, 0) is 4.74 Å². The van der Waals surface area contributed by atoms with Crippen molar-refractivity contribution >= 4 is 0 Å². The Labute approximate surface area is 73.1 Å². The Morgan fingerprint density at radius 3 is 2.92 bits per heavy atom. The molecule has 70 valence electrons. The molecule has 3 nitrogen and oxygen atoms in total. The molecule has 0 aliphatic carbocycles. The average molecular weight is 171 g/mol. The maximum absolute atomic E-state index is 9.51. The molecule has 12 heavy (non-hydrogen) atoms. The molecule has 2 aliphatic heterocycles. The van der Waals surface area contributed by atoms with Crippen LogP contribution in [-0.4, -0.2) is 36.5 Å². The second kappa shape index (κ2) is 2.98. The van der Waals surface area contributed by atoms with E-state index in [9.17, 15) is 5.11 Å². The van der Waals surface area contributed by atoms with Crippen LogP contribution in [0.3, 0.4) is 0 Å². The lowest BCUT2D eigenvalue weighted by Crippen LogP contribution is -2.36. The van der Waals surface area contributed by atoms with Crippen LogP contribution >= 0.6 is 0 Å². The van der Waals surface area contributed by atoms with E-state index in [1.54, 1.807) is 0 Å². The molecule has 0 amide bonds. The van der Waals surface area contributed by atoms with E-state index >= 15 is 0 Å². The van der Waals surface area contributed by atoms with Crippen LogP contribution in [0.1, 0.15) is 13.8 Å². The van der Waals surface area contributed by atoms with E-state index in [1.807, 2.05) is 0 Å². The van der Waals surface area contributed by atoms with Gasteiger partial charge in [0, 0.05) is 12.5 Å². The predicted molar refractivity (Wildman–Crippen MR) is 45.9 cm³/mol. The Balaban J connectivity index is 2.05. The highest BCUT2D eigenvalue weighted by atomic mass is 16.5. The van der Waals surface area contributed by atoms with E-state index in [-0.39, 0.29) is 18.2 Å². The first kappa shape index (κ1) is 8.48. The summed E-state index contributed by atoms with van der Waals surface area (Å²) in [4.78, 5) is 0. The van der Waals surface area contributed by atoms with Gasteiger partial charge in [0.05, 0.1) is 24.9 Å². The molecule has 2 rings (SSSR count). The average Bonchev–Trinajstić information content (AvgIpc) is 2.53. The number of aliphatic hydroxyl groups excluding tert-OH is 1. The molecule has 0 aromatic carbocycles. The summed E-state index contributed by atoms with van der Waals surface area (Å²) >= 11 is 0. The van der Waals surface area contributed by atoms with E-state index in [0.29, 0.717) is 18.4 Å². The summed E-state index contributed by atoms with van der Waals surface area (Å²) < 4.78 is 5.55. The van der Waals surface area contributed by atoms with Crippen LogP contribution in [0, 0.1) is 11.8 Å². The molecule has 3 heteroatoms. The van der Waals surface area contributed by atoms with Crippen molar-refractivity contribution < 1.29 is 9.84 Å². The molecule has 2 saturated heterocycles. The van der Waals surface area contributed by atoms with Crippen molar-refractivity contribution in [2.75, 3.05) is 13.2 Å². The Bertz CT molecular complexity index is 172. The van der Waals surface area contributed by atoms with Crippen LogP contribution in [0.4, 0.5) is 0 Å². The van der Waals surface area contributed by atoms with E-state index < -0.39 is 0 Å². The molecule has 2 N–H and O–H groups in total. The molecule has 2 fully saturated rings. The SMILES string of the molecule is CC(C)[C@@H]1CN[C@H]2[C@@H]1OC[C@@H]2O. The molecule has 2 heterocycles. The number of nitrogens with one attached hydrogen (secondary N) is 1. The van der Waals surface area contributed by atoms with E-state index in [0.717, 1.165) is 6.54 Å². The van der Waals surface area contributed by atoms with Gasteiger partial charge in [-0.3, -0.25) is 0 Å². The minimum Gasteiger partial charge on any atom is -0.389 e. The maximum atomic E-state index is 9.51. The zero-order valence-electron chi connectivity index (χ0n) is 7.66. The molecule has 0 spiro atoms. The lowest BCUT2D eigenvalue weighted by atomic mass is 9.90. The van der Waals surface area contributed by atoms with Crippen molar-refractivity contribution in [2.45, 2.75) is 32.1 Å². The minimum atomic E-state index is -0.293. The Kier molecular flexibility index (Phi) is 2.10. The maximum Gasteiger partial charge on any atom is 0.0951 e. The van der Waals surface area contributed by atoms with Gasteiger partial charge in [0.2, 0.25) is 0 Å². The first-order chi connectivity index (χ1) is 5.70. The van der Waals surface area contributed by atoms with E-state index in [4.69, 9.17) is 4.74 Å². The number of rotatable bonds is 1. The molecule has 0 unspecified atom stereocenters. The standard InChI is InChI=1S/C9H17NO2/c1-5(2)6-3-10-8-7(11)4-12-9(6)8/h5-11H,3-4H2,1-2H3/t6-,7-,8+,9+/m0/s1. The Morgan fingerprint density at radius 1 is 1.50 bits per heavy atom. The zero-order chi connectivity index (χ0) is 8.72. The first-order valence-corrected chi connectivity index (χ1v) is 4.73. The van der Waals surface area contributed by atoms with Crippen LogP contribution in [0.25, 0.3) is 0 Å². The number of ether oxygens (including phenoxy) is 1. The highest BCUT2D eigenvalue weighted by Gasteiger charge is 2.46. The van der Waals surface area contributed by atoms with Crippen molar-refractivity contribution in [3.63, 3.8) is 0 Å². The second-order valence-electron chi connectivity index (χ2n) is 4.21. The van der Waals surface area contributed by atoms with Crippen LogP contribution < -0.4 is 5.32 Å². The molecule has 0 saturated carbocycles. The lowest BCUT2D eigenvalue weighted by molar-refractivity contribution is 0.0504. The van der Waals surface area contributed by atoms with Gasteiger partial charge < -0.3 is 15.2 Å². The fourth-order valence-electron chi connectivity index (χ4n) is 2.28. The predicted octanol–water partition coefficient (Wildman–Crippen LogP) is -0.00990. The molecular weight excluding hydrogens is 154 g/mol. The quantitative estimate of drug-likeness (QED) is 0.583. The van der Waals surface area contributed by atoms with Crippen molar-refractivity contribution in [2.24, 2.45) is 11.8 Å². The summed E-state index contributed by atoms with van der Waals surface area (Å²) in [7, 11) is 0. The van der Waals surface area contributed by atoms with Gasteiger partial charge in [-0.1, -0.05) is 13.8 Å². The summed E-state index contributed by atoms with van der Waals surface area (Å²) in [6.07, 6.45) is -0.0428. The van der Waals surface area contributed by atoms with Crippen molar-refractivity contribution in [3.8, 4) is 0 Å². The van der Waals surface area contributed by atoms with Gasteiger partial charge in [-0.25, -0.2) is 0 Å². The van der Waals surface area contributed by atoms with E-state index in [1.165, 1.54) is 0 Å². The van der Waals surface area contributed by atoms with Crippen molar-refractivity contribution in [1.29, 1.82) is 0 Å². The van der Waals surface area contributed by atoms with Gasteiger partial charge in [-0.15, -0.1) is 0 Å². The van der Waals surface area contributed by atoms with Crippen LogP contribution in [0.5, 0.6) is 0 Å². The van der Waals surface area contributed by atoms with Crippen LogP contribution in [0.15, 0.2) is 0 Å². The number of hydrogen-bond acceptors (Lipinski definition) is 3. The fourth-order valence-corrected chi connectivity index (χ4v) is 2.28. The van der Waals surface area contributed by atoms with Gasteiger partial charge >= 0.3 is 0 Å². The smallest absolute Gasteiger partial charge is 0.0951 e. The molecule has 2 aliphatic rings. The van der Waals surface area contributed by atoms with Gasteiger partial charge in [0.15, 0.2) is 0 Å². The van der Waals surface area contributed by atoms with Gasteiger partial charge in [-0.2, -0.15) is 0 Å². The van der Waals surface area contributed by atoms with E-state index in [2.05, 4.69) is 19.2 Å². The van der Waals surface area contributed by atoms with Gasteiger partial charge in [-0.05, 0) is 5.92 Å². The first-order valence-electron chi connectivity index (χ1n) is 4.73. The second-order valence-corrected chi connectivity index (χ2v) is 4.21. The fraction of sp³-hybridized carbons (Fsp3) is 1.00. The number of fused-ring (bicyclic) bond motifs is 1. The highest BCUT2D eigenvalue weighted by Crippen LogP contribution is 2.31. The Morgan fingerprint density at radius 2 is 2.25 bits per heavy atom. The van der Waals surface area contributed by atoms with Crippen molar-refractivity contribution in [3.05, 3.63) is 0 Å². The third-order valence-electron chi connectivity index (χ3n) is 3.10. The topological polar surface area (TPSA) is 41.5 Å². The number of hydrogen-bond donors (Lipinski definition) is 2. The summed E-state index contributed by atoms with van der Waals surface area (Å²) in [5.41, 5.74) is 0. The molecule has 0 aromatic rings. The molecule has 0 aromatic heterocycles. The van der Waals surface area contributed by atoms with Crippen molar-refractivity contribution in [1.82, 2.24) is 5.32 Å². The highest BCUT2D eigenvalue weighted by molar-refractivity contribution is 5.00. The molecule has 4 atom stereocenters. The summed E-state index contributed by atoms with van der Waals surface area (Å²) in [6.45, 7) is 5.92. The lowest BCUT2D eigenvalue weighted by Gasteiger charge is -2.19. The monoisotopic (exact) mass is 171 g/mol. The third kappa shape index (κ3) is 1.16. The molecule has 0 bridgehead atoms. The zero-order valence-corrected chi connectivity index (χ0v) is 7.66. The minimum absolute atomic E-state index is 0.192. The Hall–Kier alpha value is -0.120. The molecular formula is C9H17NO2. The molecule has 0 radical (unpaired) electrons. The normalized spacial score (nSPS) is 47.0. The summed E-state index contributed by atoms with van der Waals surface area (Å²) in [6, 6.07) is 0.192. The van der Waals surface area contributed by atoms with Gasteiger partial charge in [0.25, 0.3) is 0 Å². The largest absolute Gasteiger partial charge is 0.389 e.